The second-order valence-electron chi connectivity index (χ2n) is 8.40. The average Bonchev–Trinajstić information content (AvgIpc) is 3.12. The van der Waals surface area contributed by atoms with Gasteiger partial charge < -0.3 is 24.4 Å². The van der Waals surface area contributed by atoms with Gasteiger partial charge in [0.25, 0.3) is 11.7 Å². The van der Waals surface area contributed by atoms with Gasteiger partial charge in [0.1, 0.15) is 19.0 Å². The predicted molar refractivity (Wildman–Crippen MR) is 135 cm³/mol. The lowest BCUT2D eigenvalue weighted by atomic mass is 9.95. The molecule has 2 aromatic rings. The number of aliphatic hydroxyl groups excluding tert-OH is 1. The van der Waals surface area contributed by atoms with E-state index in [0.29, 0.717) is 58.9 Å². The summed E-state index contributed by atoms with van der Waals surface area (Å²) in [6.07, 6.45) is 0.677. The quantitative estimate of drug-likeness (QED) is 0.303. The van der Waals surface area contributed by atoms with Crippen molar-refractivity contribution in [2.75, 3.05) is 39.4 Å². The van der Waals surface area contributed by atoms with E-state index in [4.69, 9.17) is 32.7 Å². The highest BCUT2D eigenvalue weighted by atomic mass is 35.5. The van der Waals surface area contributed by atoms with Crippen LogP contribution in [0.15, 0.2) is 42.0 Å². The Kier molecular flexibility index (Phi) is 7.89. The van der Waals surface area contributed by atoms with Crippen LogP contribution in [0.4, 0.5) is 0 Å². The highest BCUT2D eigenvalue weighted by molar-refractivity contribution is 6.46. The van der Waals surface area contributed by atoms with E-state index in [9.17, 15) is 14.7 Å². The summed E-state index contributed by atoms with van der Waals surface area (Å²) in [6.45, 7) is 7.92. The lowest BCUT2D eigenvalue weighted by Crippen LogP contribution is -2.33. The standard InChI is InChI=1S/C26H28Cl2N2O5/c1-3-29(4-2)10-5-11-30-23(16-6-8-18(27)19(28)14-16)22(25(32)26(30)33)24(31)17-7-9-20-21(15-17)35-13-12-34-20/h6-9,14-15,23,31H,3-5,10-13H2,1-2H3/t23-/m1/s1. The molecule has 186 valence electrons. The maximum Gasteiger partial charge on any atom is 0.295 e. The third kappa shape index (κ3) is 5.13. The maximum absolute atomic E-state index is 13.2. The largest absolute Gasteiger partial charge is 0.507 e. The third-order valence-electron chi connectivity index (χ3n) is 6.38. The Morgan fingerprint density at radius 2 is 1.74 bits per heavy atom. The minimum absolute atomic E-state index is 0.00732. The number of likely N-dealkylation sites (tertiary alicyclic amines) is 1. The number of benzene rings is 2. The molecule has 1 fully saturated rings. The number of amides is 1. The maximum atomic E-state index is 13.2. The van der Waals surface area contributed by atoms with Crippen LogP contribution < -0.4 is 9.47 Å². The van der Waals surface area contributed by atoms with Crippen LogP contribution in [0.3, 0.4) is 0 Å². The van der Waals surface area contributed by atoms with Gasteiger partial charge in [0.15, 0.2) is 11.5 Å². The zero-order chi connectivity index (χ0) is 25.1. The lowest BCUT2D eigenvalue weighted by molar-refractivity contribution is -0.140. The van der Waals surface area contributed by atoms with Crippen LogP contribution in [0.1, 0.15) is 37.4 Å². The molecule has 2 aromatic carbocycles. The van der Waals surface area contributed by atoms with Gasteiger partial charge in [-0.1, -0.05) is 43.1 Å². The Morgan fingerprint density at radius 3 is 2.43 bits per heavy atom. The van der Waals surface area contributed by atoms with E-state index in [1.54, 1.807) is 36.4 Å². The van der Waals surface area contributed by atoms with Crippen LogP contribution in [0.2, 0.25) is 10.0 Å². The summed E-state index contributed by atoms with van der Waals surface area (Å²) in [5.74, 6) is -0.635. The molecule has 1 amide bonds. The Bertz CT molecular complexity index is 1160. The molecule has 0 aromatic heterocycles. The minimum Gasteiger partial charge on any atom is -0.507 e. The SMILES string of the molecule is CCN(CC)CCCN1C(=O)C(=O)C(=C(O)c2ccc3c(c2)OCCO3)[C@H]1c1ccc(Cl)c(Cl)c1. The summed E-state index contributed by atoms with van der Waals surface area (Å²) in [7, 11) is 0. The molecule has 0 radical (unpaired) electrons. The van der Waals surface area contributed by atoms with E-state index in [1.807, 2.05) is 0 Å². The van der Waals surface area contributed by atoms with Gasteiger partial charge in [0.2, 0.25) is 0 Å². The normalized spacial score (nSPS) is 19.0. The van der Waals surface area contributed by atoms with Crippen molar-refractivity contribution in [2.45, 2.75) is 26.3 Å². The first-order chi connectivity index (χ1) is 16.8. The predicted octanol–water partition coefficient (Wildman–Crippen LogP) is 4.92. The van der Waals surface area contributed by atoms with Gasteiger partial charge in [0.05, 0.1) is 21.7 Å². The van der Waals surface area contributed by atoms with E-state index >= 15 is 0 Å². The fourth-order valence-corrected chi connectivity index (χ4v) is 4.80. The van der Waals surface area contributed by atoms with Gasteiger partial charge in [-0.25, -0.2) is 0 Å². The number of ketones is 1. The molecule has 0 aliphatic carbocycles. The number of aliphatic hydroxyl groups is 1. The number of fused-ring (bicyclic) bond motifs is 1. The Morgan fingerprint density at radius 1 is 1.03 bits per heavy atom. The van der Waals surface area contributed by atoms with Crippen LogP contribution >= 0.6 is 23.2 Å². The summed E-state index contributed by atoms with van der Waals surface area (Å²) in [5, 5.41) is 12.0. The van der Waals surface area contributed by atoms with Crippen molar-refractivity contribution in [1.29, 1.82) is 0 Å². The lowest BCUT2D eigenvalue weighted by Gasteiger charge is -2.27. The fourth-order valence-electron chi connectivity index (χ4n) is 4.49. The van der Waals surface area contributed by atoms with Crippen molar-refractivity contribution in [2.24, 2.45) is 0 Å². The fraction of sp³-hybridized carbons (Fsp3) is 0.385. The summed E-state index contributed by atoms with van der Waals surface area (Å²) >= 11 is 12.4. The van der Waals surface area contributed by atoms with Gasteiger partial charge in [-0.2, -0.15) is 0 Å². The molecule has 0 unspecified atom stereocenters. The first kappa shape index (κ1) is 25.4. The minimum atomic E-state index is -0.797. The molecule has 2 aliphatic heterocycles. The molecular formula is C26H28Cl2N2O5. The van der Waals surface area contributed by atoms with Crippen molar-refractivity contribution in [3.63, 3.8) is 0 Å². The van der Waals surface area contributed by atoms with E-state index < -0.39 is 17.7 Å². The summed E-state index contributed by atoms with van der Waals surface area (Å²) < 4.78 is 11.2. The molecule has 2 aliphatic rings. The highest BCUT2D eigenvalue weighted by Crippen LogP contribution is 2.42. The molecule has 1 atom stereocenters. The second-order valence-corrected chi connectivity index (χ2v) is 9.22. The van der Waals surface area contributed by atoms with Crippen molar-refractivity contribution >= 4 is 40.7 Å². The number of ether oxygens (including phenoxy) is 2. The van der Waals surface area contributed by atoms with Gasteiger partial charge in [-0.3, -0.25) is 9.59 Å². The van der Waals surface area contributed by atoms with Crippen LogP contribution in [-0.4, -0.2) is 66.0 Å². The number of hydrogen-bond acceptors (Lipinski definition) is 6. The number of carbonyl (C=O) groups is 2. The first-order valence-electron chi connectivity index (χ1n) is 11.7. The number of halogens is 2. The molecule has 4 rings (SSSR count). The summed E-state index contributed by atoms with van der Waals surface area (Å²) in [6, 6.07) is 9.12. The van der Waals surface area contributed by atoms with Crippen LogP contribution in [0.5, 0.6) is 11.5 Å². The van der Waals surface area contributed by atoms with Crippen molar-refractivity contribution in [3.05, 3.63) is 63.1 Å². The molecule has 1 N–H and O–H groups in total. The summed E-state index contributed by atoms with van der Waals surface area (Å²) in [5.41, 5.74) is 0.967. The first-order valence-corrected chi connectivity index (χ1v) is 12.5. The zero-order valence-electron chi connectivity index (χ0n) is 19.7. The molecule has 0 spiro atoms. The van der Waals surface area contributed by atoms with E-state index in [1.165, 1.54) is 4.90 Å². The van der Waals surface area contributed by atoms with Crippen LogP contribution in [0.25, 0.3) is 5.76 Å². The molecule has 1 saturated heterocycles. The van der Waals surface area contributed by atoms with E-state index in [-0.39, 0.29) is 11.3 Å². The van der Waals surface area contributed by atoms with E-state index in [0.717, 1.165) is 19.6 Å². The molecule has 7 nitrogen and oxygen atoms in total. The monoisotopic (exact) mass is 518 g/mol. The van der Waals surface area contributed by atoms with Crippen LogP contribution in [-0.2, 0) is 9.59 Å². The number of rotatable bonds is 8. The van der Waals surface area contributed by atoms with Gasteiger partial charge in [0, 0.05) is 12.1 Å². The molecular weight excluding hydrogens is 491 g/mol. The smallest absolute Gasteiger partial charge is 0.295 e. The number of Topliss-reactive ketones (excluding diaryl/α,β-unsaturated/α-hetero) is 1. The Balaban J connectivity index is 1.75. The topological polar surface area (TPSA) is 79.3 Å². The van der Waals surface area contributed by atoms with Crippen molar-refractivity contribution in [1.82, 2.24) is 9.80 Å². The molecule has 0 saturated carbocycles. The number of nitrogens with zero attached hydrogens (tertiary/aromatic N) is 2. The Labute approximate surface area is 214 Å². The van der Waals surface area contributed by atoms with Crippen LogP contribution in [0, 0.1) is 0 Å². The van der Waals surface area contributed by atoms with Gasteiger partial charge in [-0.15, -0.1) is 0 Å². The van der Waals surface area contributed by atoms with Crippen molar-refractivity contribution in [3.8, 4) is 11.5 Å². The number of hydrogen-bond donors (Lipinski definition) is 1. The highest BCUT2D eigenvalue weighted by Gasteiger charge is 2.46. The molecule has 9 heteroatoms. The Hall–Kier alpha value is -2.74. The summed E-state index contributed by atoms with van der Waals surface area (Å²) in [4.78, 5) is 30.1. The molecule has 2 heterocycles. The van der Waals surface area contributed by atoms with Gasteiger partial charge in [-0.05, 0) is 62.0 Å². The third-order valence-corrected chi connectivity index (χ3v) is 7.12. The molecule has 0 bridgehead atoms. The second kappa shape index (κ2) is 10.9. The van der Waals surface area contributed by atoms with E-state index in [2.05, 4.69) is 18.7 Å². The molecule has 35 heavy (non-hydrogen) atoms. The average molecular weight is 519 g/mol. The zero-order valence-corrected chi connectivity index (χ0v) is 21.2. The van der Waals surface area contributed by atoms with Gasteiger partial charge >= 0.3 is 0 Å². The number of carbonyl (C=O) groups excluding carboxylic acids is 2. The van der Waals surface area contributed by atoms with Crippen molar-refractivity contribution < 1.29 is 24.2 Å².